The maximum atomic E-state index is 11.5. The Kier molecular flexibility index (Phi) is 1.81. The van der Waals surface area contributed by atoms with Gasteiger partial charge in [-0.1, -0.05) is 32.9 Å². The molecule has 1 heterocycles. The minimum Gasteiger partial charge on any atom is -0.393 e. The van der Waals surface area contributed by atoms with Gasteiger partial charge in [0.05, 0.1) is 11.8 Å². The molecule has 0 aromatic carbocycles. The number of cyclic esters (lactones) is 2. The SMILES string of the molecule is CC1C=CC(C)(C)C2C(=O)OC(=O)C12. The molecule has 3 heteroatoms. The van der Waals surface area contributed by atoms with E-state index in [1.807, 2.05) is 32.9 Å². The number of allylic oxidation sites excluding steroid dienone is 2. The van der Waals surface area contributed by atoms with Gasteiger partial charge in [0.1, 0.15) is 0 Å². The third-order valence-corrected chi connectivity index (χ3v) is 3.28. The fraction of sp³-hybridized carbons (Fsp3) is 0.636. The van der Waals surface area contributed by atoms with E-state index < -0.39 is 0 Å². The molecule has 2 rings (SSSR count). The van der Waals surface area contributed by atoms with Crippen molar-refractivity contribution >= 4 is 11.9 Å². The molecule has 3 unspecified atom stereocenters. The minimum absolute atomic E-state index is 0.104. The smallest absolute Gasteiger partial charge is 0.318 e. The molecule has 0 spiro atoms. The number of rotatable bonds is 0. The predicted molar refractivity (Wildman–Crippen MR) is 50.2 cm³/mol. The van der Waals surface area contributed by atoms with E-state index in [1.165, 1.54) is 0 Å². The van der Waals surface area contributed by atoms with E-state index in [1.54, 1.807) is 0 Å². The van der Waals surface area contributed by atoms with E-state index >= 15 is 0 Å². The van der Waals surface area contributed by atoms with Crippen molar-refractivity contribution in [2.45, 2.75) is 20.8 Å². The normalized spacial score (nSPS) is 39.5. The molecule has 0 radical (unpaired) electrons. The van der Waals surface area contributed by atoms with Crippen LogP contribution < -0.4 is 0 Å². The quantitative estimate of drug-likeness (QED) is 0.334. The van der Waals surface area contributed by atoms with Crippen LogP contribution in [-0.2, 0) is 14.3 Å². The third kappa shape index (κ3) is 1.11. The maximum Gasteiger partial charge on any atom is 0.318 e. The van der Waals surface area contributed by atoms with Crippen LogP contribution >= 0.6 is 0 Å². The largest absolute Gasteiger partial charge is 0.393 e. The van der Waals surface area contributed by atoms with Crippen molar-refractivity contribution in [1.29, 1.82) is 0 Å². The second-order valence-corrected chi connectivity index (χ2v) is 4.78. The average molecular weight is 194 g/mol. The number of carbonyl (C=O) groups is 2. The van der Waals surface area contributed by atoms with Gasteiger partial charge < -0.3 is 4.74 Å². The second kappa shape index (κ2) is 2.69. The summed E-state index contributed by atoms with van der Waals surface area (Å²) in [5.74, 6) is -1.18. The van der Waals surface area contributed by atoms with Crippen molar-refractivity contribution in [3.8, 4) is 0 Å². The lowest BCUT2D eigenvalue weighted by molar-refractivity contribution is -0.154. The number of hydrogen-bond donors (Lipinski definition) is 0. The van der Waals surface area contributed by atoms with Crippen LogP contribution in [0.1, 0.15) is 20.8 Å². The average Bonchev–Trinajstić information content (AvgIpc) is 2.36. The molecule has 1 aliphatic carbocycles. The first kappa shape index (κ1) is 9.44. The molecule has 0 bridgehead atoms. The van der Waals surface area contributed by atoms with Gasteiger partial charge in [-0.15, -0.1) is 0 Å². The standard InChI is InChI=1S/C11H14O3/c1-6-4-5-11(2,3)8-7(6)9(12)14-10(8)13/h4-8H,1-3H3. The summed E-state index contributed by atoms with van der Waals surface area (Å²) < 4.78 is 4.70. The molecule has 1 fully saturated rings. The van der Waals surface area contributed by atoms with Gasteiger partial charge in [-0.25, -0.2) is 0 Å². The lowest BCUT2D eigenvalue weighted by Crippen LogP contribution is -2.37. The molecule has 0 aromatic heterocycles. The highest BCUT2D eigenvalue weighted by Gasteiger charge is 2.54. The van der Waals surface area contributed by atoms with Crippen molar-refractivity contribution < 1.29 is 14.3 Å². The molecule has 2 aliphatic rings. The van der Waals surface area contributed by atoms with Crippen molar-refractivity contribution in [3.63, 3.8) is 0 Å². The Morgan fingerprint density at radius 2 is 1.93 bits per heavy atom. The third-order valence-electron chi connectivity index (χ3n) is 3.28. The van der Waals surface area contributed by atoms with E-state index in [4.69, 9.17) is 4.74 Å². The second-order valence-electron chi connectivity index (χ2n) is 4.78. The number of hydrogen-bond acceptors (Lipinski definition) is 3. The van der Waals surface area contributed by atoms with Gasteiger partial charge in [0, 0.05) is 0 Å². The Hall–Kier alpha value is -1.12. The van der Waals surface area contributed by atoms with Crippen LogP contribution in [0.4, 0.5) is 0 Å². The molecule has 1 aliphatic heterocycles. The Morgan fingerprint density at radius 1 is 1.29 bits per heavy atom. The summed E-state index contributed by atoms with van der Waals surface area (Å²) in [6, 6.07) is 0. The van der Waals surface area contributed by atoms with Gasteiger partial charge in [0.25, 0.3) is 0 Å². The summed E-state index contributed by atoms with van der Waals surface area (Å²) in [4.78, 5) is 22.9. The lowest BCUT2D eigenvalue weighted by atomic mass is 9.65. The topological polar surface area (TPSA) is 43.4 Å². The summed E-state index contributed by atoms with van der Waals surface area (Å²) in [6.07, 6.45) is 4.01. The van der Waals surface area contributed by atoms with E-state index in [2.05, 4.69) is 0 Å². The monoisotopic (exact) mass is 194 g/mol. The first-order valence-electron chi connectivity index (χ1n) is 4.88. The lowest BCUT2D eigenvalue weighted by Gasteiger charge is -2.34. The van der Waals surface area contributed by atoms with Gasteiger partial charge in [-0.3, -0.25) is 9.59 Å². The van der Waals surface area contributed by atoms with Crippen LogP contribution in [0.5, 0.6) is 0 Å². The van der Waals surface area contributed by atoms with Crippen LogP contribution in [0.25, 0.3) is 0 Å². The van der Waals surface area contributed by atoms with Crippen LogP contribution in [-0.4, -0.2) is 11.9 Å². The van der Waals surface area contributed by atoms with E-state index in [9.17, 15) is 9.59 Å². The number of esters is 2. The van der Waals surface area contributed by atoms with Crippen LogP contribution in [0, 0.1) is 23.2 Å². The predicted octanol–water partition coefficient (Wildman–Crippen LogP) is 1.53. The Bertz CT molecular complexity index is 327. The Labute approximate surface area is 83.1 Å². The zero-order valence-electron chi connectivity index (χ0n) is 8.61. The molecule has 0 saturated carbocycles. The summed E-state index contributed by atoms with van der Waals surface area (Å²) in [7, 11) is 0. The van der Waals surface area contributed by atoms with Gasteiger partial charge in [0.15, 0.2) is 0 Å². The van der Waals surface area contributed by atoms with Gasteiger partial charge in [-0.05, 0) is 11.3 Å². The molecule has 14 heavy (non-hydrogen) atoms. The minimum atomic E-state index is -0.360. The summed E-state index contributed by atoms with van der Waals surface area (Å²) in [5, 5.41) is 0. The van der Waals surface area contributed by atoms with Crippen LogP contribution in [0.2, 0.25) is 0 Å². The first-order valence-corrected chi connectivity index (χ1v) is 4.88. The zero-order chi connectivity index (χ0) is 10.5. The van der Waals surface area contributed by atoms with Gasteiger partial charge >= 0.3 is 11.9 Å². The number of fused-ring (bicyclic) bond motifs is 1. The van der Waals surface area contributed by atoms with Gasteiger partial charge in [0.2, 0.25) is 0 Å². The van der Waals surface area contributed by atoms with Crippen LogP contribution in [0.3, 0.4) is 0 Å². The number of carbonyl (C=O) groups excluding carboxylic acids is 2. The molecule has 0 N–H and O–H groups in total. The van der Waals surface area contributed by atoms with Crippen molar-refractivity contribution in [2.24, 2.45) is 23.2 Å². The highest BCUT2D eigenvalue weighted by Crippen LogP contribution is 2.46. The van der Waals surface area contributed by atoms with E-state index in [0.29, 0.717) is 0 Å². The van der Waals surface area contributed by atoms with Crippen molar-refractivity contribution in [1.82, 2.24) is 0 Å². The van der Waals surface area contributed by atoms with E-state index in [0.717, 1.165) is 0 Å². The first-order chi connectivity index (χ1) is 6.43. The molecule has 0 amide bonds. The van der Waals surface area contributed by atoms with Crippen molar-refractivity contribution in [3.05, 3.63) is 12.2 Å². The molecule has 0 aromatic rings. The number of ether oxygens (including phenoxy) is 1. The highest BCUT2D eigenvalue weighted by atomic mass is 16.6. The molecule has 1 saturated heterocycles. The highest BCUT2D eigenvalue weighted by molar-refractivity contribution is 5.97. The van der Waals surface area contributed by atoms with Gasteiger partial charge in [-0.2, -0.15) is 0 Å². The molecule has 3 nitrogen and oxygen atoms in total. The fourth-order valence-corrected chi connectivity index (χ4v) is 2.42. The summed E-state index contributed by atoms with van der Waals surface area (Å²) in [5.41, 5.74) is -0.263. The van der Waals surface area contributed by atoms with Crippen molar-refractivity contribution in [2.75, 3.05) is 0 Å². The summed E-state index contributed by atoms with van der Waals surface area (Å²) in [6.45, 7) is 5.88. The molecular weight excluding hydrogens is 180 g/mol. The summed E-state index contributed by atoms with van der Waals surface area (Å²) >= 11 is 0. The Morgan fingerprint density at radius 3 is 2.50 bits per heavy atom. The fourth-order valence-electron chi connectivity index (χ4n) is 2.42. The zero-order valence-corrected chi connectivity index (χ0v) is 8.61. The molecular formula is C11H14O3. The maximum absolute atomic E-state index is 11.5. The molecule has 3 atom stereocenters. The van der Waals surface area contributed by atoms with Crippen LogP contribution in [0.15, 0.2) is 12.2 Å². The van der Waals surface area contributed by atoms with E-state index in [-0.39, 0.29) is 35.1 Å². The Balaban J connectivity index is 2.46. The molecule has 76 valence electrons.